The van der Waals surface area contributed by atoms with Crippen molar-refractivity contribution in [1.82, 2.24) is 4.98 Å². The molecule has 2 N–H and O–H groups in total. The lowest BCUT2D eigenvalue weighted by Gasteiger charge is -2.21. The number of carbonyl (C=O) groups excluding carboxylic acids is 1. The Labute approximate surface area is 142 Å². The average molecular weight is 325 g/mol. The van der Waals surface area contributed by atoms with Gasteiger partial charge in [0.25, 0.3) is 0 Å². The Kier molecular flexibility index (Phi) is 5.80. The van der Waals surface area contributed by atoms with Crippen molar-refractivity contribution in [3.8, 4) is 0 Å². The maximum Gasteiger partial charge on any atom is 0.227 e. The van der Waals surface area contributed by atoms with E-state index in [2.05, 4.69) is 27.8 Å². The van der Waals surface area contributed by atoms with Crippen LogP contribution in [0.4, 0.5) is 11.5 Å². The summed E-state index contributed by atoms with van der Waals surface area (Å²) in [4.78, 5) is 16.5. The van der Waals surface area contributed by atoms with E-state index in [9.17, 15) is 4.79 Å². The van der Waals surface area contributed by atoms with Crippen molar-refractivity contribution in [2.75, 3.05) is 30.4 Å². The number of hydrogen-bond donors (Lipinski definition) is 2. The molecule has 126 valence electrons. The third-order valence-corrected chi connectivity index (χ3v) is 4.19. The van der Waals surface area contributed by atoms with Crippen LogP contribution in [0.3, 0.4) is 0 Å². The van der Waals surface area contributed by atoms with E-state index in [4.69, 9.17) is 4.74 Å². The minimum absolute atomic E-state index is 0.0439. The molecule has 0 radical (unpaired) electrons. The lowest BCUT2D eigenvalue weighted by molar-refractivity contribution is -0.122. The van der Waals surface area contributed by atoms with Gasteiger partial charge in [0, 0.05) is 25.7 Å². The monoisotopic (exact) mass is 325 g/mol. The number of amides is 1. The third-order valence-electron chi connectivity index (χ3n) is 4.19. The maximum absolute atomic E-state index is 12.2. The average Bonchev–Trinajstić information content (AvgIpc) is 2.65. The standard InChI is InChI=1S/C19H23N3O2/c23-19(16-9-12-24-13-10-16)22-17-6-7-18(21-14-17)20-11-8-15-4-2-1-3-5-15/h1-7,14,16H,8-13H2,(H,20,21)(H,22,23). The number of nitrogens with one attached hydrogen (secondary N) is 2. The van der Waals surface area contributed by atoms with Crippen molar-refractivity contribution in [1.29, 1.82) is 0 Å². The highest BCUT2D eigenvalue weighted by Crippen LogP contribution is 2.18. The summed E-state index contributed by atoms with van der Waals surface area (Å²) in [6, 6.07) is 14.1. The normalized spacial score (nSPS) is 15.0. The molecule has 1 aromatic carbocycles. The molecular formula is C19H23N3O2. The van der Waals surface area contributed by atoms with Gasteiger partial charge in [-0.3, -0.25) is 4.79 Å². The number of aromatic nitrogens is 1. The van der Waals surface area contributed by atoms with E-state index in [1.807, 2.05) is 30.3 Å². The molecule has 2 heterocycles. The molecule has 0 saturated carbocycles. The molecule has 1 fully saturated rings. The first-order chi connectivity index (χ1) is 11.8. The summed E-state index contributed by atoms with van der Waals surface area (Å²) in [6.45, 7) is 2.16. The number of benzene rings is 1. The zero-order valence-corrected chi connectivity index (χ0v) is 13.7. The molecule has 0 atom stereocenters. The predicted octanol–water partition coefficient (Wildman–Crippen LogP) is 3.10. The maximum atomic E-state index is 12.2. The van der Waals surface area contributed by atoms with Crippen LogP contribution in [0.5, 0.6) is 0 Å². The van der Waals surface area contributed by atoms with Crippen LogP contribution >= 0.6 is 0 Å². The molecule has 5 nitrogen and oxygen atoms in total. The summed E-state index contributed by atoms with van der Waals surface area (Å²) in [5, 5.41) is 6.23. The Bertz CT molecular complexity index is 637. The number of carbonyl (C=O) groups is 1. The van der Waals surface area contributed by atoms with Crippen LogP contribution < -0.4 is 10.6 Å². The minimum atomic E-state index is 0.0439. The van der Waals surface area contributed by atoms with E-state index in [-0.39, 0.29) is 11.8 Å². The van der Waals surface area contributed by atoms with Gasteiger partial charge < -0.3 is 15.4 Å². The Hall–Kier alpha value is -2.40. The van der Waals surface area contributed by atoms with Gasteiger partial charge in [-0.2, -0.15) is 0 Å². The van der Waals surface area contributed by atoms with E-state index >= 15 is 0 Å². The molecule has 0 unspecified atom stereocenters. The molecule has 1 aliphatic rings. The van der Waals surface area contributed by atoms with Crippen molar-refractivity contribution in [3.63, 3.8) is 0 Å². The van der Waals surface area contributed by atoms with Crippen molar-refractivity contribution in [2.24, 2.45) is 5.92 Å². The van der Waals surface area contributed by atoms with E-state index < -0.39 is 0 Å². The van der Waals surface area contributed by atoms with E-state index in [1.165, 1.54) is 5.56 Å². The van der Waals surface area contributed by atoms with Gasteiger partial charge in [0.1, 0.15) is 5.82 Å². The molecule has 0 aliphatic carbocycles. The van der Waals surface area contributed by atoms with Gasteiger partial charge in [-0.1, -0.05) is 30.3 Å². The number of anilines is 2. The fraction of sp³-hybridized carbons (Fsp3) is 0.368. The van der Waals surface area contributed by atoms with Gasteiger partial charge in [0.2, 0.25) is 5.91 Å². The zero-order valence-electron chi connectivity index (χ0n) is 13.7. The number of nitrogens with zero attached hydrogens (tertiary/aromatic N) is 1. The summed E-state index contributed by atoms with van der Waals surface area (Å²) < 4.78 is 5.28. The highest BCUT2D eigenvalue weighted by molar-refractivity contribution is 5.92. The topological polar surface area (TPSA) is 63.2 Å². The molecule has 1 saturated heterocycles. The van der Waals surface area contributed by atoms with Crippen LogP contribution in [0.1, 0.15) is 18.4 Å². The second kappa shape index (κ2) is 8.45. The van der Waals surface area contributed by atoms with Gasteiger partial charge in [0.05, 0.1) is 11.9 Å². The zero-order chi connectivity index (χ0) is 16.6. The number of hydrogen-bond acceptors (Lipinski definition) is 4. The van der Waals surface area contributed by atoms with Crippen LogP contribution in [0.25, 0.3) is 0 Å². The van der Waals surface area contributed by atoms with E-state index in [0.717, 1.165) is 37.3 Å². The Morgan fingerprint density at radius 2 is 1.92 bits per heavy atom. The van der Waals surface area contributed by atoms with Gasteiger partial charge in [-0.15, -0.1) is 0 Å². The van der Waals surface area contributed by atoms with E-state index in [0.29, 0.717) is 13.2 Å². The van der Waals surface area contributed by atoms with Crippen LogP contribution in [-0.2, 0) is 16.0 Å². The Balaban J connectivity index is 1.45. The SMILES string of the molecule is O=C(Nc1ccc(NCCc2ccccc2)nc1)C1CCOCC1. The Morgan fingerprint density at radius 1 is 1.12 bits per heavy atom. The summed E-state index contributed by atoms with van der Waals surface area (Å²) in [5.74, 6) is 0.919. The van der Waals surface area contributed by atoms with Crippen LogP contribution in [0.2, 0.25) is 0 Å². The lowest BCUT2D eigenvalue weighted by Crippen LogP contribution is -2.28. The Morgan fingerprint density at radius 3 is 2.62 bits per heavy atom. The fourth-order valence-electron chi connectivity index (χ4n) is 2.76. The first kappa shape index (κ1) is 16.5. The van der Waals surface area contributed by atoms with Crippen molar-refractivity contribution in [3.05, 3.63) is 54.2 Å². The van der Waals surface area contributed by atoms with Crippen molar-refractivity contribution in [2.45, 2.75) is 19.3 Å². The molecule has 2 aromatic rings. The number of pyridine rings is 1. The van der Waals surface area contributed by atoms with Gasteiger partial charge in [-0.05, 0) is 37.0 Å². The summed E-state index contributed by atoms with van der Waals surface area (Å²) >= 11 is 0. The first-order valence-corrected chi connectivity index (χ1v) is 8.44. The van der Waals surface area contributed by atoms with E-state index in [1.54, 1.807) is 6.20 Å². The quantitative estimate of drug-likeness (QED) is 0.856. The highest BCUT2D eigenvalue weighted by atomic mass is 16.5. The summed E-state index contributed by atoms with van der Waals surface area (Å²) in [5.41, 5.74) is 2.03. The molecule has 3 rings (SSSR count). The van der Waals surface area contributed by atoms with Gasteiger partial charge in [-0.25, -0.2) is 4.98 Å². The second-order valence-corrected chi connectivity index (χ2v) is 5.97. The van der Waals surface area contributed by atoms with Crippen LogP contribution in [0, 0.1) is 5.92 Å². The second-order valence-electron chi connectivity index (χ2n) is 5.97. The molecular weight excluding hydrogens is 302 g/mol. The van der Waals surface area contributed by atoms with Gasteiger partial charge >= 0.3 is 0 Å². The summed E-state index contributed by atoms with van der Waals surface area (Å²) in [7, 11) is 0. The third kappa shape index (κ3) is 4.80. The highest BCUT2D eigenvalue weighted by Gasteiger charge is 2.21. The van der Waals surface area contributed by atoms with Crippen molar-refractivity contribution < 1.29 is 9.53 Å². The van der Waals surface area contributed by atoms with Crippen molar-refractivity contribution >= 4 is 17.4 Å². The molecule has 1 aromatic heterocycles. The lowest BCUT2D eigenvalue weighted by atomic mass is 9.99. The predicted molar refractivity (Wildman–Crippen MR) is 95.0 cm³/mol. The number of rotatable bonds is 6. The fourth-order valence-corrected chi connectivity index (χ4v) is 2.76. The van der Waals surface area contributed by atoms with Crippen LogP contribution in [-0.4, -0.2) is 30.6 Å². The number of ether oxygens (including phenoxy) is 1. The molecule has 0 spiro atoms. The molecule has 5 heteroatoms. The first-order valence-electron chi connectivity index (χ1n) is 8.44. The van der Waals surface area contributed by atoms with Crippen LogP contribution in [0.15, 0.2) is 48.7 Å². The minimum Gasteiger partial charge on any atom is -0.381 e. The molecule has 1 aliphatic heterocycles. The smallest absolute Gasteiger partial charge is 0.227 e. The summed E-state index contributed by atoms with van der Waals surface area (Å²) in [6.07, 6.45) is 4.23. The molecule has 1 amide bonds. The van der Waals surface area contributed by atoms with Gasteiger partial charge in [0.15, 0.2) is 0 Å². The largest absolute Gasteiger partial charge is 0.381 e. The molecule has 24 heavy (non-hydrogen) atoms. The molecule has 0 bridgehead atoms.